The van der Waals surface area contributed by atoms with Gasteiger partial charge in [0.05, 0.1) is 28.7 Å². The van der Waals surface area contributed by atoms with Crippen LogP contribution < -0.4 is 5.32 Å². The molecule has 2 aromatic rings. The summed E-state index contributed by atoms with van der Waals surface area (Å²) < 4.78 is 1.84. The van der Waals surface area contributed by atoms with Gasteiger partial charge in [-0.1, -0.05) is 13.3 Å². The largest absolute Gasteiger partial charge is 0.344 e. The molecular formula is C16H23N5O. The number of carbonyl (C=O) groups excluding carboxylic acids is 1. The highest BCUT2D eigenvalue weighted by molar-refractivity contribution is 5.95. The van der Waals surface area contributed by atoms with Gasteiger partial charge in [0.1, 0.15) is 0 Å². The molecule has 0 fully saturated rings. The van der Waals surface area contributed by atoms with Crippen LogP contribution in [-0.4, -0.2) is 25.7 Å². The molecule has 2 heterocycles. The maximum Gasteiger partial charge on any atom is 0.255 e. The van der Waals surface area contributed by atoms with Crippen LogP contribution in [0.15, 0.2) is 18.6 Å². The van der Waals surface area contributed by atoms with E-state index in [2.05, 4.69) is 27.3 Å². The molecule has 0 bridgehead atoms. The molecule has 6 heteroatoms. The van der Waals surface area contributed by atoms with E-state index in [9.17, 15) is 4.79 Å². The normalized spacial score (nSPS) is 12.2. The number of aryl methyl sites for hydroxylation is 3. The molecular weight excluding hydrogens is 278 g/mol. The van der Waals surface area contributed by atoms with Gasteiger partial charge in [-0.05, 0) is 27.2 Å². The lowest BCUT2D eigenvalue weighted by molar-refractivity contribution is 0.0938. The second-order valence-corrected chi connectivity index (χ2v) is 5.47. The van der Waals surface area contributed by atoms with Crippen LogP contribution in [0.5, 0.6) is 0 Å². The predicted molar refractivity (Wildman–Crippen MR) is 84.5 cm³/mol. The molecule has 0 spiro atoms. The highest BCUT2D eigenvalue weighted by atomic mass is 16.1. The Kier molecular flexibility index (Phi) is 5.25. The van der Waals surface area contributed by atoms with E-state index in [-0.39, 0.29) is 11.9 Å². The number of unbranched alkanes of at least 4 members (excludes halogenated alkanes) is 1. The lowest BCUT2D eigenvalue weighted by atomic mass is 10.1. The molecule has 2 rings (SSSR count). The summed E-state index contributed by atoms with van der Waals surface area (Å²) in [5.74, 6) is -0.127. The summed E-state index contributed by atoms with van der Waals surface area (Å²) in [6.45, 7) is 8.62. The molecule has 0 saturated heterocycles. The highest BCUT2D eigenvalue weighted by Crippen LogP contribution is 2.14. The molecule has 0 aliphatic heterocycles. The van der Waals surface area contributed by atoms with Gasteiger partial charge < -0.3 is 5.32 Å². The Morgan fingerprint density at radius 1 is 1.27 bits per heavy atom. The van der Waals surface area contributed by atoms with Crippen molar-refractivity contribution in [2.45, 2.75) is 53.1 Å². The molecule has 0 saturated carbocycles. The minimum absolute atomic E-state index is 0.127. The van der Waals surface area contributed by atoms with Crippen LogP contribution in [0.1, 0.15) is 60.2 Å². The molecule has 22 heavy (non-hydrogen) atoms. The summed E-state index contributed by atoms with van der Waals surface area (Å²) in [6.07, 6.45) is 7.26. The van der Waals surface area contributed by atoms with E-state index in [1.807, 2.05) is 31.6 Å². The van der Waals surface area contributed by atoms with E-state index >= 15 is 0 Å². The van der Waals surface area contributed by atoms with Crippen LogP contribution in [-0.2, 0) is 6.54 Å². The fourth-order valence-corrected chi connectivity index (χ4v) is 2.36. The minimum Gasteiger partial charge on any atom is -0.344 e. The third-order valence-electron chi connectivity index (χ3n) is 3.61. The number of nitrogens with zero attached hydrogens (tertiary/aromatic N) is 4. The monoisotopic (exact) mass is 301 g/mol. The maximum atomic E-state index is 12.4. The first-order valence-electron chi connectivity index (χ1n) is 7.65. The number of nitrogens with one attached hydrogen (secondary N) is 1. The maximum absolute atomic E-state index is 12.4. The van der Waals surface area contributed by atoms with Crippen LogP contribution in [0.2, 0.25) is 0 Å². The molecule has 0 unspecified atom stereocenters. The van der Waals surface area contributed by atoms with Gasteiger partial charge in [-0.3, -0.25) is 19.4 Å². The number of hydrogen-bond donors (Lipinski definition) is 1. The fraction of sp³-hybridized carbons (Fsp3) is 0.500. The van der Waals surface area contributed by atoms with Crippen molar-refractivity contribution >= 4 is 5.91 Å². The first-order chi connectivity index (χ1) is 10.5. The topological polar surface area (TPSA) is 72.7 Å². The predicted octanol–water partition coefficient (Wildman–Crippen LogP) is 2.58. The Morgan fingerprint density at radius 3 is 2.68 bits per heavy atom. The van der Waals surface area contributed by atoms with Gasteiger partial charge in [0.25, 0.3) is 5.91 Å². The van der Waals surface area contributed by atoms with Gasteiger partial charge in [0, 0.05) is 25.1 Å². The van der Waals surface area contributed by atoms with Gasteiger partial charge in [0.15, 0.2) is 0 Å². The van der Waals surface area contributed by atoms with Crippen molar-refractivity contribution in [1.29, 1.82) is 0 Å². The summed E-state index contributed by atoms with van der Waals surface area (Å²) in [5, 5.41) is 7.36. The van der Waals surface area contributed by atoms with Gasteiger partial charge in [-0.2, -0.15) is 5.10 Å². The zero-order valence-electron chi connectivity index (χ0n) is 13.6. The second-order valence-electron chi connectivity index (χ2n) is 5.47. The van der Waals surface area contributed by atoms with Gasteiger partial charge >= 0.3 is 0 Å². The lowest BCUT2D eigenvalue weighted by Gasteiger charge is -2.14. The van der Waals surface area contributed by atoms with Crippen LogP contribution >= 0.6 is 0 Å². The summed E-state index contributed by atoms with van der Waals surface area (Å²) in [4.78, 5) is 20.9. The van der Waals surface area contributed by atoms with Crippen molar-refractivity contribution in [2.24, 2.45) is 0 Å². The highest BCUT2D eigenvalue weighted by Gasteiger charge is 2.18. The van der Waals surface area contributed by atoms with E-state index in [0.29, 0.717) is 5.56 Å². The summed E-state index contributed by atoms with van der Waals surface area (Å²) in [5.41, 5.74) is 2.97. The summed E-state index contributed by atoms with van der Waals surface area (Å²) in [7, 11) is 0. The van der Waals surface area contributed by atoms with E-state index < -0.39 is 0 Å². The molecule has 1 amide bonds. The van der Waals surface area contributed by atoms with Crippen molar-refractivity contribution in [3.8, 4) is 0 Å². The number of rotatable bonds is 6. The van der Waals surface area contributed by atoms with Crippen molar-refractivity contribution in [3.63, 3.8) is 0 Å². The third kappa shape index (κ3) is 3.69. The fourth-order valence-electron chi connectivity index (χ4n) is 2.36. The van der Waals surface area contributed by atoms with Crippen LogP contribution in [0.3, 0.4) is 0 Å². The number of hydrogen-bond acceptors (Lipinski definition) is 4. The van der Waals surface area contributed by atoms with E-state index in [1.165, 1.54) is 0 Å². The van der Waals surface area contributed by atoms with Crippen molar-refractivity contribution in [1.82, 2.24) is 25.1 Å². The zero-order chi connectivity index (χ0) is 16.1. The first kappa shape index (κ1) is 16.1. The minimum atomic E-state index is -0.195. The van der Waals surface area contributed by atoms with Crippen LogP contribution in [0, 0.1) is 13.8 Å². The standard InChI is InChI=1S/C16H23N5O/c1-5-6-9-21-10-14(11(2)20-21)16(22)19-13(4)15-12(3)17-7-8-18-15/h7-8,10,13H,5-6,9H2,1-4H3,(H,19,22)/t13-/m0/s1. The molecule has 0 aliphatic carbocycles. The van der Waals surface area contributed by atoms with Crippen LogP contribution in [0.4, 0.5) is 0 Å². The Balaban J connectivity index is 2.09. The Bertz CT molecular complexity index is 650. The molecule has 2 aromatic heterocycles. The molecule has 1 N–H and O–H groups in total. The average molecular weight is 301 g/mol. The SMILES string of the molecule is CCCCn1cc(C(=O)N[C@@H](C)c2nccnc2C)c(C)n1. The number of amides is 1. The molecule has 0 aromatic carbocycles. The summed E-state index contributed by atoms with van der Waals surface area (Å²) in [6, 6.07) is -0.195. The van der Waals surface area contributed by atoms with E-state index in [1.54, 1.807) is 12.4 Å². The van der Waals surface area contributed by atoms with Gasteiger partial charge in [-0.15, -0.1) is 0 Å². The third-order valence-corrected chi connectivity index (χ3v) is 3.61. The molecule has 6 nitrogen and oxygen atoms in total. The smallest absolute Gasteiger partial charge is 0.255 e. The number of aromatic nitrogens is 4. The summed E-state index contributed by atoms with van der Waals surface area (Å²) >= 11 is 0. The van der Waals surface area contributed by atoms with Crippen molar-refractivity contribution in [3.05, 3.63) is 41.2 Å². The molecule has 0 aliphatic rings. The van der Waals surface area contributed by atoms with E-state index in [0.717, 1.165) is 36.5 Å². The lowest BCUT2D eigenvalue weighted by Crippen LogP contribution is -2.28. The Labute approximate surface area is 131 Å². The molecule has 118 valence electrons. The second kappa shape index (κ2) is 7.15. The van der Waals surface area contributed by atoms with Gasteiger partial charge in [-0.25, -0.2) is 0 Å². The van der Waals surface area contributed by atoms with Crippen molar-refractivity contribution < 1.29 is 4.79 Å². The first-order valence-corrected chi connectivity index (χ1v) is 7.65. The van der Waals surface area contributed by atoms with Crippen LogP contribution in [0.25, 0.3) is 0 Å². The van der Waals surface area contributed by atoms with Gasteiger partial charge in [0.2, 0.25) is 0 Å². The molecule has 1 atom stereocenters. The zero-order valence-corrected chi connectivity index (χ0v) is 13.6. The van der Waals surface area contributed by atoms with E-state index in [4.69, 9.17) is 0 Å². The quantitative estimate of drug-likeness (QED) is 0.890. The Morgan fingerprint density at radius 2 is 2.00 bits per heavy atom. The van der Waals surface area contributed by atoms with Crippen molar-refractivity contribution in [2.75, 3.05) is 0 Å². The Hall–Kier alpha value is -2.24. The molecule has 0 radical (unpaired) electrons. The average Bonchev–Trinajstić information content (AvgIpc) is 2.86. The number of carbonyl (C=O) groups is 1.